The van der Waals surface area contributed by atoms with E-state index in [1.807, 2.05) is 0 Å². The first kappa shape index (κ1) is 22.9. The lowest BCUT2D eigenvalue weighted by Gasteiger charge is -2.12. The summed E-state index contributed by atoms with van der Waals surface area (Å²) in [5.41, 5.74) is 0.225. The Balaban J connectivity index is 1.92. The van der Waals surface area contributed by atoms with E-state index in [0.29, 0.717) is 5.02 Å². The molecule has 0 aliphatic carbocycles. The summed E-state index contributed by atoms with van der Waals surface area (Å²) >= 11 is 5.82. The molecule has 0 spiro atoms. The Morgan fingerprint density at radius 2 is 1.94 bits per heavy atom. The molecule has 0 aliphatic rings. The zero-order valence-electron chi connectivity index (χ0n) is 16.3. The molecule has 1 heterocycles. The standard InChI is InChI=1S/C20H19ClFN3O5S/c1-11(26)8-25-31(29,30)14-6-15-18(17(22)7-14)23-10-16(19(15)27)20(28)24-9-12-2-4-13(21)5-3-12/h2-7,10-11,25-26H,8-9H2,1H3,(H,23,27)(H,24,28). The summed E-state index contributed by atoms with van der Waals surface area (Å²) in [5, 5.41) is 22.7. The molecule has 4 N–H and O–H groups in total. The van der Waals surface area contributed by atoms with Crippen LogP contribution in [0.2, 0.25) is 5.02 Å². The Labute approximate surface area is 182 Å². The van der Waals surface area contributed by atoms with E-state index in [0.717, 1.165) is 23.9 Å². The number of hydrogen-bond donors (Lipinski definition) is 4. The van der Waals surface area contributed by atoms with Gasteiger partial charge in [-0.3, -0.25) is 9.78 Å². The molecule has 31 heavy (non-hydrogen) atoms. The largest absolute Gasteiger partial charge is 0.506 e. The molecule has 1 amide bonds. The first-order chi connectivity index (χ1) is 14.6. The molecule has 1 unspecified atom stereocenters. The van der Waals surface area contributed by atoms with Crippen LogP contribution >= 0.6 is 11.6 Å². The topological polar surface area (TPSA) is 129 Å². The smallest absolute Gasteiger partial charge is 0.256 e. The number of amides is 1. The molecule has 2 aromatic carbocycles. The summed E-state index contributed by atoms with van der Waals surface area (Å²) in [6.07, 6.45) is 0.0590. The van der Waals surface area contributed by atoms with Gasteiger partial charge in [-0.25, -0.2) is 17.5 Å². The summed E-state index contributed by atoms with van der Waals surface area (Å²) in [7, 11) is -4.17. The van der Waals surface area contributed by atoms with Gasteiger partial charge in [-0.1, -0.05) is 23.7 Å². The molecule has 3 rings (SSSR count). The van der Waals surface area contributed by atoms with Gasteiger partial charge in [0.25, 0.3) is 5.91 Å². The third-order valence-corrected chi connectivity index (χ3v) is 6.01. The van der Waals surface area contributed by atoms with Crippen LogP contribution in [0.5, 0.6) is 5.75 Å². The minimum absolute atomic E-state index is 0.138. The van der Waals surface area contributed by atoms with Gasteiger partial charge in [0.1, 0.15) is 16.8 Å². The lowest BCUT2D eigenvalue weighted by Crippen LogP contribution is -2.30. The molecule has 164 valence electrons. The normalized spacial score (nSPS) is 12.6. The molecular weight excluding hydrogens is 449 g/mol. The van der Waals surface area contributed by atoms with Gasteiger partial charge < -0.3 is 15.5 Å². The highest BCUT2D eigenvalue weighted by atomic mass is 35.5. The zero-order valence-corrected chi connectivity index (χ0v) is 17.8. The summed E-state index contributed by atoms with van der Waals surface area (Å²) in [4.78, 5) is 15.9. The maximum atomic E-state index is 14.5. The molecule has 3 aromatic rings. The molecule has 0 saturated heterocycles. The molecule has 8 nitrogen and oxygen atoms in total. The third-order valence-electron chi connectivity index (χ3n) is 4.36. The average molecular weight is 468 g/mol. The number of benzene rings is 2. The maximum absolute atomic E-state index is 14.5. The van der Waals surface area contributed by atoms with Crippen molar-refractivity contribution >= 4 is 38.4 Å². The Hall–Kier alpha value is -2.79. The number of aromatic nitrogens is 1. The van der Waals surface area contributed by atoms with Crippen molar-refractivity contribution in [1.82, 2.24) is 15.0 Å². The quantitative estimate of drug-likeness (QED) is 0.422. The van der Waals surface area contributed by atoms with E-state index in [2.05, 4.69) is 15.0 Å². The summed E-state index contributed by atoms with van der Waals surface area (Å²) < 4.78 is 41.3. The van der Waals surface area contributed by atoms with Crippen LogP contribution in [0.3, 0.4) is 0 Å². The van der Waals surface area contributed by atoms with Gasteiger partial charge in [0.2, 0.25) is 10.0 Å². The summed E-state index contributed by atoms with van der Waals surface area (Å²) in [6, 6.07) is 8.52. The monoisotopic (exact) mass is 467 g/mol. The van der Waals surface area contributed by atoms with Crippen LogP contribution in [-0.2, 0) is 16.6 Å². The Morgan fingerprint density at radius 1 is 1.26 bits per heavy atom. The van der Waals surface area contributed by atoms with Crippen molar-refractivity contribution in [3.05, 3.63) is 64.6 Å². The van der Waals surface area contributed by atoms with Crippen molar-refractivity contribution in [2.24, 2.45) is 0 Å². The van der Waals surface area contributed by atoms with Crippen LogP contribution in [0.1, 0.15) is 22.8 Å². The fourth-order valence-corrected chi connectivity index (χ4v) is 4.02. The van der Waals surface area contributed by atoms with Crippen LogP contribution in [0, 0.1) is 5.82 Å². The van der Waals surface area contributed by atoms with E-state index in [4.69, 9.17) is 11.6 Å². The van der Waals surface area contributed by atoms with Crippen molar-refractivity contribution < 1.29 is 27.8 Å². The number of hydrogen-bond acceptors (Lipinski definition) is 6. The number of halogens is 2. The Kier molecular flexibility index (Phi) is 6.75. The van der Waals surface area contributed by atoms with Crippen molar-refractivity contribution in [3.63, 3.8) is 0 Å². The fraction of sp³-hybridized carbons (Fsp3) is 0.200. The number of aliphatic hydroxyl groups is 1. The van der Waals surface area contributed by atoms with Crippen LogP contribution in [0.15, 0.2) is 47.5 Å². The SMILES string of the molecule is CC(O)CNS(=O)(=O)c1cc(F)c2ncc(C(=O)NCc3ccc(Cl)cc3)c(O)c2c1. The number of aromatic hydroxyl groups is 1. The molecule has 1 aromatic heterocycles. The van der Waals surface area contributed by atoms with Gasteiger partial charge >= 0.3 is 0 Å². The number of rotatable bonds is 7. The summed E-state index contributed by atoms with van der Waals surface area (Å²) in [6.45, 7) is 1.24. The van der Waals surface area contributed by atoms with E-state index < -0.39 is 38.5 Å². The van der Waals surface area contributed by atoms with Gasteiger partial charge in [-0.05, 0) is 36.8 Å². The third kappa shape index (κ3) is 5.28. The lowest BCUT2D eigenvalue weighted by atomic mass is 10.1. The number of nitrogens with zero attached hydrogens (tertiary/aromatic N) is 1. The fourth-order valence-electron chi connectivity index (χ4n) is 2.74. The van der Waals surface area contributed by atoms with E-state index >= 15 is 0 Å². The molecule has 11 heteroatoms. The number of fused-ring (bicyclic) bond motifs is 1. The molecule has 0 radical (unpaired) electrons. The second kappa shape index (κ2) is 9.15. The minimum Gasteiger partial charge on any atom is -0.506 e. The predicted molar refractivity (Wildman–Crippen MR) is 113 cm³/mol. The molecular formula is C20H19ClFN3O5S. The highest BCUT2D eigenvalue weighted by Crippen LogP contribution is 2.31. The molecule has 0 bridgehead atoms. The average Bonchev–Trinajstić information content (AvgIpc) is 2.72. The van der Waals surface area contributed by atoms with Gasteiger partial charge in [0.05, 0.1) is 11.0 Å². The second-order valence-electron chi connectivity index (χ2n) is 6.83. The second-order valence-corrected chi connectivity index (χ2v) is 9.04. The molecule has 0 fully saturated rings. The number of aliphatic hydroxyl groups excluding tert-OH is 1. The predicted octanol–water partition coefficient (Wildman–Crippen LogP) is 2.32. The number of carbonyl (C=O) groups excluding carboxylic acids is 1. The van der Waals surface area contributed by atoms with Gasteiger partial charge in [0, 0.05) is 29.7 Å². The minimum atomic E-state index is -4.17. The van der Waals surface area contributed by atoms with Crippen LogP contribution in [0.4, 0.5) is 4.39 Å². The van der Waals surface area contributed by atoms with Crippen molar-refractivity contribution in [2.75, 3.05) is 6.54 Å². The molecule has 0 saturated carbocycles. The molecule has 0 aliphatic heterocycles. The zero-order chi connectivity index (χ0) is 22.8. The number of pyridine rings is 1. The van der Waals surface area contributed by atoms with Crippen LogP contribution in [-0.4, -0.2) is 42.2 Å². The van der Waals surface area contributed by atoms with Crippen molar-refractivity contribution in [3.8, 4) is 5.75 Å². The number of sulfonamides is 1. The van der Waals surface area contributed by atoms with Gasteiger partial charge in [-0.15, -0.1) is 0 Å². The molecule has 1 atom stereocenters. The summed E-state index contributed by atoms with van der Waals surface area (Å²) in [5.74, 6) is -2.27. The van der Waals surface area contributed by atoms with Crippen LogP contribution < -0.4 is 10.0 Å². The first-order valence-electron chi connectivity index (χ1n) is 9.10. The van der Waals surface area contributed by atoms with Gasteiger partial charge in [0.15, 0.2) is 5.82 Å². The Bertz CT molecular complexity index is 1230. The lowest BCUT2D eigenvalue weighted by molar-refractivity contribution is 0.0948. The highest BCUT2D eigenvalue weighted by Gasteiger charge is 2.22. The van der Waals surface area contributed by atoms with Crippen LogP contribution in [0.25, 0.3) is 10.9 Å². The van der Waals surface area contributed by atoms with E-state index in [1.165, 1.54) is 6.92 Å². The maximum Gasteiger partial charge on any atom is 0.256 e. The van der Waals surface area contributed by atoms with E-state index in [1.54, 1.807) is 24.3 Å². The Morgan fingerprint density at radius 3 is 2.58 bits per heavy atom. The van der Waals surface area contributed by atoms with Crippen molar-refractivity contribution in [2.45, 2.75) is 24.5 Å². The van der Waals surface area contributed by atoms with E-state index in [9.17, 15) is 27.8 Å². The number of carbonyl (C=O) groups is 1. The highest BCUT2D eigenvalue weighted by molar-refractivity contribution is 7.89. The van der Waals surface area contributed by atoms with E-state index in [-0.39, 0.29) is 29.6 Å². The van der Waals surface area contributed by atoms with Crippen molar-refractivity contribution in [1.29, 1.82) is 0 Å². The number of nitrogens with one attached hydrogen (secondary N) is 2. The van der Waals surface area contributed by atoms with Gasteiger partial charge in [-0.2, -0.15) is 0 Å². The first-order valence-corrected chi connectivity index (χ1v) is 11.0.